The highest BCUT2D eigenvalue weighted by atomic mass is 16.6. The maximum absolute atomic E-state index is 12.5. The number of rotatable bonds is 13. The molecule has 0 bridgehead atoms. The SMILES string of the molecule is CCCCC1(OC(=O)CCCCC(=O)OC2(CCCC)CCCCC2)CCCCC1. The van der Waals surface area contributed by atoms with Crippen molar-refractivity contribution >= 4 is 11.9 Å². The predicted octanol–water partition coefficient (Wildman–Crippen LogP) is 7.42. The molecule has 0 N–H and O–H groups in total. The largest absolute Gasteiger partial charge is 0.459 e. The maximum atomic E-state index is 12.5. The fourth-order valence-electron chi connectivity index (χ4n) is 5.32. The van der Waals surface area contributed by atoms with Gasteiger partial charge in [0.1, 0.15) is 11.2 Å². The quantitative estimate of drug-likeness (QED) is 0.229. The zero-order valence-electron chi connectivity index (χ0n) is 19.8. The Kier molecular flexibility index (Phi) is 11.2. The third-order valence-corrected chi connectivity index (χ3v) is 7.17. The Labute approximate surface area is 184 Å². The average molecular weight is 423 g/mol. The van der Waals surface area contributed by atoms with Gasteiger partial charge in [-0.1, -0.05) is 39.5 Å². The molecule has 174 valence electrons. The van der Waals surface area contributed by atoms with Crippen LogP contribution in [0, 0.1) is 0 Å². The van der Waals surface area contributed by atoms with E-state index in [1.54, 1.807) is 0 Å². The van der Waals surface area contributed by atoms with E-state index in [1.807, 2.05) is 0 Å². The van der Waals surface area contributed by atoms with Crippen molar-refractivity contribution < 1.29 is 19.1 Å². The second-order valence-corrected chi connectivity index (χ2v) is 9.85. The monoisotopic (exact) mass is 422 g/mol. The van der Waals surface area contributed by atoms with Gasteiger partial charge in [-0.25, -0.2) is 0 Å². The van der Waals surface area contributed by atoms with Gasteiger partial charge in [0.15, 0.2) is 0 Å². The fraction of sp³-hybridized carbons (Fsp3) is 0.923. The molecule has 30 heavy (non-hydrogen) atoms. The second-order valence-electron chi connectivity index (χ2n) is 9.85. The number of hydrogen-bond acceptors (Lipinski definition) is 4. The van der Waals surface area contributed by atoms with E-state index in [2.05, 4.69) is 13.8 Å². The summed E-state index contributed by atoms with van der Waals surface area (Å²) in [4.78, 5) is 24.9. The molecule has 0 unspecified atom stereocenters. The molecule has 0 spiro atoms. The van der Waals surface area contributed by atoms with Crippen LogP contribution in [-0.2, 0) is 19.1 Å². The topological polar surface area (TPSA) is 52.6 Å². The van der Waals surface area contributed by atoms with Gasteiger partial charge in [0, 0.05) is 12.8 Å². The van der Waals surface area contributed by atoms with Crippen LogP contribution in [0.4, 0.5) is 0 Å². The molecule has 0 aromatic rings. The van der Waals surface area contributed by atoms with Gasteiger partial charge in [-0.05, 0) is 89.9 Å². The summed E-state index contributed by atoms with van der Waals surface area (Å²) in [7, 11) is 0. The van der Waals surface area contributed by atoms with Gasteiger partial charge in [0.25, 0.3) is 0 Å². The standard InChI is InChI=1S/C26H46O4/c1-3-5-17-25(19-11-7-12-20-25)29-23(27)15-9-10-16-24(28)30-26(18-6-4-2)21-13-8-14-22-26/h3-22H2,1-2H3. The highest BCUT2D eigenvalue weighted by molar-refractivity contribution is 5.71. The van der Waals surface area contributed by atoms with Crippen molar-refractivity contribution in [3.63, 3.8) is 0 Å². The van der Waals surface area contributed by atoms with Crippen molar-refractivity contribution in [2.45, 2.75) is 153 Å². The van der Waals surface area contributed by atoms with Crippen LogP contribution in [0.2, 0.25) is 0 Å². The first kappa shape index (κ1) is 25.2. The number of hydrogen-bond donors (Lipinski definition) is 0. The summed E-state index contributed by atoms with van der Waals surface area (Å²) in [6.07, 6.45) is 20.1. The van der Waals surface area contributed by atoms with Crippen LogP contribution >= 0.6 is 0 Å². The van der Waals surface area contributed by atoms with E-state index in [0.717, 1.165) is 64.2 Å². The number of carbonyl (C=O) groups excluding carboxylic acids is 2. The van der Waals surface area contributed by atoms with Crippen molar-refractivity contribution in [1.29, 1.82) is 0 Å². The molecule has 4 heteroatoms. The number of unbranched alkanes of at least 4 members (excludes halogenated alkanes) is 3. The molecule has 2 fully saturated rings. The summed E-state index contributed by atoms with van der Waals surface area (Å²) in [5.74, 6) is -0.152. The summed E-state index contributed by atoms with van der Waals surface area (Å²) in [6, 6.07) is 0. The molecule has 2 aliphatic carbocycles. The van der Waals surface area contributed by atoms with Gasteiger partial charge in [-0.3, -0.25) is 9.59 Å². The molecule has 0 radical (unpaired) electrons. The molecule has 0 heterocycles. The van der Waals surface area contributed by atoms with Crippen LogP contribution in [0.25, 0.3) is 0 Å². The van der Waals surface area contributed by atoms with Crippen molar-refractivity contribution in [1.82, 2.24) is 0 Å². The number of ether oxygens (including phenoxy) is 2. The zero-order chi connectivity index (χ0) is 21.7. The van der Waals surface area contributed by atoms with Gasteiger partial charge < -0.3 is 9.47 Å². The van der Waals surface area contributed by atoms with Crippen LogP contribution in [0.1, 0.15) is 142 Å². The Morgan fingerprint density at radius 2 is 0.967 bits per heavy atom. The molecular weight excluding hydrogens is 376 g/mol. The third-order valence-electron chi connectivity index (χ3n) is 7.17. The van der Waals surface area contributed by atoms with E-state index in [0.29, 0.717) is 25.7 Å². The molecular formula is C26H46O4. The first-order valence-electron chi connectivity index (χ1n) is 13.0. The van der Waals surface area contributed by atoms with E-state index in [1.165, 1.54) is 38.5 Å². The van der Waals surface area contributed by atoms with E-state index in [-0.39, 0.29) is 23.1 Å². The Bertz CT molecular complexity index is 455. The third kappa shape index (κ3) is 8.59. The van der Waals surface area contributed by atoms with Crippen molar-refractivity contribution in [3.05, 3.63) is 0 Å². The van der Waals surface area contributed by atoms with Crippen LogP contribution in [0.3, 0.4) is 0 Å². The molecule has 0 atom stereocenters. The second kappa shape index (κ2) is 13.4. The van der Waals surface area contributed by atoms with Gasteiger partial charge >= 0.3 is 11.9 Å². The van der Waals surface area contributed by atoms with Crippen molar-refractivity contribution in [3.8, 4) is 0 Å². The Morgan fingerprint density at radius 3 is 1.30 bits per heavy atom. The van der Waals surface area contributed by atoms with E-state index >= 15 is 0 Å². The lowest BCUT2D eigenvalue weighted by Gasteiger charge is -2.37. The summed E-state index contributed by atoms with van der Waals surface area (Å²) in [5.41, 5.74) is -0.423. The summed E-state index contributed by atoms with van der Waals surface area (Å²) in [5, 5.41) is 0. The Balaban J connectivity index is 1.70. The average Bonchev–Trinajstić information content (AvgIpc) is 2.75. The molecule has 2 rings (SSSR count). The van der Waals surface area contributed by atoms with E-state index in [4.69, 9.17) is 9.47 Å². The molecule has 2 saturated carbocycles. The maximum Gasteiger partial charge on any atom is 0.306 e. The minimum atomic E-state index is -0.211. The van der Waals surface area contributed by atoms with E-state index in [9.17, 15) is 9.59 Å². The van der Waals surface area contributed by atoms with Gasteiger partial charge in [-0.15, -0.1) is 0 Å². The van der Waals surface area contributed by atoms with E-state index < -0.39 is 0 Å². The minimum Gasteiger partial charge on any atom is -0.459 e. The zero-order valence-corrected chi connectivity index (χ0v) is 19.8. The summed E-state index contributed by atoms with van der Waals surface area (Å²) in [6.45, 7) is 4.38. The molecule has 0 amide bonds. The van der Waals surface area contributed by atoms with Gasteiger partial charge in [0.2, 0.25) is 0 Å². The Hall–Kier alpha value is -1.06. The lowest BCUT2D eigenvalue weighted by atomic mass is 9.81. The fourth-order valence-corrected chi connectivity index (χ4v) is 5.32. The predicted molar refractivity (Wildman–Crippen MR) is 121 cm³/mol. The first-order chi connectivity index (χ1) is 14.5. The van der Waals surface area contributed by atoms with Gasteiger partial charge in [0.05, 0.1) is 0 Å². The molecule has 2 aliphatic rings. The number of carbonyl (C=O) groups is 2. The molecule has 0 aromatic carbocycles. The van der Waals surface area contributed by atoms with Crippen LogP contribution in [-0.4, -0.2) is 23.1 Å². The van der Waals surface area contributed by atoms with Crippen LogP contribution in [0.15, 0.2) is 0 Å². The summed E-state index contributed by atoms with van der Waals surface area (Å²) >= 11 is 0. The smallest absolute Gasteiger partial charge is 0.306 e. The highest BCUT2D eigenvalue weighted by Gasteiger charge is 2.36. The normalized spacial score (nSPS) is 20.5. The minimum absolute atomic E-state index is 0.0759. The number of esters is 2. The molecule has 0 aliphatic heterocycles. The highest BCUT2D eigenvalue weighted by Crippen LogP contribution is 2.37. The van der Waals surface area contributed by atoms with Crippen molar-refractivity contribution in [2.24, 2.45) is 0 Å². The van der Waals surface area contributed by atoms with Gasteiger partial charge in [-0.2, -0.15) is 0 Å². The summed E-state index contributed by atoms with van der Waals surface area (Å²) < 4.78 is 12.0. The first-order valence-corrected chi connectivity index (χ1v) is 13.0. The van der Waals surface area contributed by atoms with Crippen molar-refractivity contribution in [2.75, 3.05) is 0 Å². The van der Waals surface area contributed by atoms with Crippen LogP contribution in [0.5, 0.6) is 0 Å². The van der Waals surface area contributed by atoms with Crippen LogP contribution < -0.4 is 0 Å². The lowest BCUT2D eigenvalue weighted by molar-refractivity contribution is -0.167. The molecule has 4 nitrogen and oxygen atoms in total. The Morgan fingerprint density at radius 1 is 0.600 bits per heavy atom. The lowest BCUT2D eigenvalue weighted by Crippen LogP contribution is -2.37. The molecule has 0 aromatic heterocycles. The molecule has 0 saturated heterocycles.